The van der Waals surface area contributed by atoms with Gasteiger partial charge in [0, 0.05) is 24.6 Å². The zero-order valence-electron chi connectivity index (χ0n) is 12.4. The van der Waals surface area contributed by atoms with Gasteiger partial charge in [0.25, 0.3) is 0 Å². The third kappa shape index (κ3) is 3.71. The van der Waals surface area contributed by atoms with E-state index in [1.165, 1.54) is 18.4 Å². The van der Waals surface area contributed by atoms with E-state index in [9.17, 15) is 13.5 Å². The topological polar surface area (TPSA) is 72.2 Å². The number of aromatic nitrogens is 2. The molecule has 0 saturated heterocycles. The van der Waals surface area contributed by atoms with Crippen LogP contribution in [0.3, 0.4) is 0 Å². The first-order chi connectivity index (χ1) is 9.79. The fourth-order valence-electron chi connectivity index (χ4n) is 2.20. The molecule has 0 radical (unpaired) electrons. The van der Waals surface area contributed by atoms with Crippen LogP contribution in [-0.4, -0.2) is 29.3 Å². The molecule has 1 N–H and O–H groups in total. The molecule has 0 aliphatic carbocycles. The van der Waals surface area contributed by atoms with Crippen LogP contribution in [0.15, 0.2) is 41.6 Å². The summed E-state index contributed by atoms with van der Waals surface area (Å²) in [7, 11) is -3.21. The van der Waals surface area contributed by atoms with Gasteiger partial charge in [-0.25, -0.2) is 13.4 Å². The monoisotopic (exact) mass is 308 g/mol. The average Bonchev–Trinajstić information content (AvgIpc) is 2.86. The Labute approximate surface area is 125 Å². The van der Waals surface area contributed by atoms with Gasteiger partial charge in [0.15, 0.2) is 9.84 Å². The van der Waals surface area contributed by atoms with Crippen molar-refractivity contribution >= 4 is 9.84 Å². The van der Waals surface area contributed by atoms with Crippen LogP contribution in [0.5, 0.6) is 0 Å². The largest absolute Gasteiger partial charge is 0.387 e. The van der Waals surface area contributed by atoms with Crippen molar-refractivity contribution in [3.05, 3.63) is 48.0 Å². The van der Waals surface area contributed by atoms with Crippen molar-refractivity contribution < 1.29 is 13.5 Å². The molecule has 1 aromatic heterocycles. The fourth-order valence-corrected chi connectivity index (χ4v) is 2.84. The molecule has 2 aromatic rings. The van der Waals surface area contributed by atoms with E-state index in [-0.39, 0.29) is 10.8 Å². The molecule has 114 valence electrons. The first kappa shape index (κ1) is 15.7. The van der Waals surface area contributed by atoms with Crippen LogP contribution in [0.4, 0.5) is 0 Å². The summed E-state index contributed by atoms with van der Waals surface area (Å²) >= 11 is 0. The summed E-state index contributed by atoms with van der Waals surface area (Å²) in [5, 5.41) is 10.3. The third-order valence-electron chi connectivity index (χ3n) is 3.33. The standard InChI is InChI=1S/C15H20N2O3S/c1-11(2)15-16-8-9-17(15)10-14(18)12-4-6-13(7-5-12)21(3,19)20/h4-9,11,14,18H,10H2,1-3H3/t14-/m1/s1. The minimum atomic E-state index is -3.21. The molecule has 0 spiro atoms. The summed E-state index contributed by atoms with van der Waals surface area (Å²) in [5.41, 5.74) is 0.686. The Morgan fingerprint density at radius 3 is 2.38 bits per heavy atom. The van der Waals surface area contributed by atoms with Gasteiger partial charge < -0.3 is 9.67 Å². The highest BCUT2D eigenvalue weighted by Gasteiger charge is 2.14. The van der Waals surface area contributed by atoms with Crippen molar-refractivity contribution in [3.63, 3.8) is 0 Å². The third-order valence-corrected chi connectivity index (χ3v) is 4.46. The number of nitrogens with zero attached hydrogens (tertiary/aromatic N) is 2. The van der Waals surface area contributed by atoms with Crippen molar-refractivity contribution in [2.45, 2.75) is 37.3 Å². The van der Waals surface area contributed by atoms with Crippen LogP contribution >= 0.6 is 0 Å². The van der Waals surface area contributed by atoms with Crippen molar-refractivity contribution in [3.8, 4) is 0 Å². The fraction of sp³-hybridized carbons (Fsp3) is 0.400. The summed E-state index contributed by atoms with van der Waals surface area (Å²) in [6.07, 6.45) is 4.02. The Kier molecular flexibility index (Phi) is 4.49. The minimum absolute atomic E-state index is 0.254. The van der Waals surface area contributed by atoms with Crippen molar-refractivity contribution in [1.82, 2.24) is 9.55 Å². The van der Waals surface area contributed by atoms with Crippen LogP contribution in [0, 0.1) is 0 Å². The Morgan fingerprint density at radius 1 is 1.24 bits per heavy atom. The van der Waals surface area contributed by atoms with Gasteiger partial charge in [-0.15, -0.1) is 0 Å². The zero-order valence-corrected chi connectivity index (χ0v) is 13.2. The summed E-state index contributed by atoms with van der Waals surface area (Å²) in [6, 6.07) is 6.33. The molecule has 1 aromatic carbocycles. The summed E-state index contributed by atoms with van der Waals surface area (Å²) in [5.74, 6) is 1.20. The van der Waals surface area contributed by atoms with Crippen LogP contribution in [0.1, 0.15) is 37.3 Å². The molecule has 0 aliphatic rings. The number of rotatable bonds is 5. The van der Waals surface area contributed by atoms with Gasteiger partial charge in [0.05, 0.1) is 17.5 Å². The number of benzene rings is 1. The highest BCUT2D eigenvalue weighted by molar-refractivity contribution is 7.90. The van der Waals surface area contributed by atoms with E-state index in [1.807, 2.05) is 24.6 Å². The second kappa shape index (κ2) is 5.99. The minimum Gasteiger partial charge on any atom is -0.387 e. The number of aliphatic hydroxyl groups excluding tert-OH is 1. The van der Waals surface area contributed by atoms with Crippen molar-refractivity contribution in [2.75, 3.05) is 6.26 Å². The molecule has 5 nitrogen and oxygen atoms in total. The van der Waals surface area contributed by atoms with Crippen LogP contribution < -0.4 is 0 Å². The van der Waals surface area contributed by atoms with E-state index < -0.39 is 15.9 Å². The quantitative estimate of drug-likeness (QED) is 0.918. The molecule has 0 aliphatic heterocycles. The van der Waals surface area contributed by atoms with Gasteiger partial charge in [0.2, 0.25) is 0 Å². The molecule has 0 amide bonds. The molecule has 0 unspecified atom stereocenters. The van der Waals surface area contributed by atoms with Gasteiger partial charge >= 0.3 is 0 Å². The number of hydrogen-bond acceptors (Lipinski definition) is 4. The lowest BCUT2D eigenvalue weighted by atomic mass is 10.1. The lowest BCUT2D eigenvalue weighted by Gasteiger charge is -2.15. The van der Waals surface area contributed by atoms with E-state index in [1.54, 1.807) is 18.3 Å². The summed E-state index contributed by atoms with van der Waals surface area (Å²) < 4.78 is 24.7. The predicted octanol–water partition coefficient (Wildman–Crippen LogP) is 2.14. The second-order valence-corrected chi connectivity index (χ2v) is 7.47. The molecule has 6 heteroatoms. The molecule has 1 atom stereocenters. The Hall–Kier alpha value is -1.66. The Morgan fingerprint density at radius 2 is 1.86 bits per heavy atom. The smallest absolute Gasteiger partial charge is 0.175 e. The highest BCUT2D eigenvalue weighted by Crippen LogP contribution is 2.20. The number of sulfone groups is 1. The molecule has 1 heterocycles. The average molecular weight is 308 g/mol. The Balaban J connectivity index is 2.17. The first-order valence-electron chi connectivity index (χ1n) is 6.78. The maximum Gasteiger partial charge on any atom is 0.175 e. The number of imidazole rings is 1. The predicted molar refractivity (Wildman–Crippen MR) is 80.8 cm³/mol. The van der Waals surface area contributed by atoms with Crippen molar-refractivity contribution in [2.24, 2.45) is 0 Å². The molecule has 2 rings (SSSR count). The molecule has 21 heavy (non-hydrogen) atoms. The normalized spacial score (nSPS) is 13.6. The first-order valence-corrected chi connectivity index (χ1v) is 8.67. The maximum atomic E-state index is 11.4. The Bertz CT molecular complexity index is 703. The van der Waals surface area contributed by atoms with Gasteiger partial charge in [0.1, 0.15) is 5.82 Å². The van der Waals surface area contributed by atoms with Crippen LogP contribution in [-0.2, 0) is 16.4 Å². The van der Waals surface area contributed by atoms with E-state index in [0.717, 1.165) is 5.82 Å². The van der Waals surface area contributed by atoms with Gasteiger partial charge in [-0.2, -0.15) is 0 Å². The van der Waals surface area contributed by atoms with Gasteiger partial charge in [-0.3, -0.25) is 0 Å². The number of aliphatic hydroxyl groups is 1. The number of hydrogen-bond donors (Lipinski definition) is 1. The highest BCUT2D eigenvalue weighted by atomic mass is 32.2. The van der Waals surface area contributed by atoms with E-state index in [2.05, 4.69) is 4.98 Å². The molecule has 0 bridgehead atoms. The summed E-state index contributed by atoms with van der Waals surface area (Å²) in [4.78, 5) is 4.54. The van der Waals surface area contributed by atoms with Gasteiger partial charge in [-0.05, 0) is 17.7 Å². The van der Waals surface area contributed by atoms with E-state index in [0.29, 0.717) is 12.1 Å². The van der Waals surface area contributed by atoms with Crippen molar-refractivity contribution in [1.29, 1.82) is 0 Å². The van der Waals surface area contributed by atoms with Crippen LogP contribution in [0.2, 0.25) is 0 Å². The molecular formula is C15H20N2O3S. The van der Waals surface area contributed by atoms with Gasteiger partial charge in [-0.1, -0.05) is 26.0 Å². The molecule has 0 fully saturated rings. The van der Waals surface area contributed by atoms with Crippen LogP contribution in [0.25, 0.3) is 0 Å². The zero-order chi connectivity index (χ0) is 15.6. The SMILES string of the molecule is CC(C)c1nccn1C[C@@H](O)c1ccc(S(C)(=O)=O)cc1. The molecule has 0 saturated carbocycles. The second-order valence-electron chi connectivity index (χ2n) is 5.45. The lowest BCUT2D eigenvalue weighted by molar-refractivity contribution is 0.155. The molecular weight excluding hydrogens is 288 g/mol. The van der Waals surface area contributed by atoms with E-state index in [4.69, 9.17) is 0 Å². The van der Waals surface area contributed by atoms with E-state index >= 15 is 0 Å². The lowest BCUT2D eigenvalue weighted by Crippen LogP contribution is -2.12. The summed E-state index contributed by atoms with van der Waals surface area (Å²) in [6.45, 7) is 4.49. The maximum absolute atomic E-state index is 11.4.